The Morgan fingerprint density at radius 1 is 0.968 bits per heavy atom. The van der Waals surface area contributed by atoms with Gasteiger partial charge in [-0.1, -0.05) is 37.1 Å². The SMILES string of the molecule is Cc1nn(-c2ccccc2)nc1C(=O)Nc1ccc2c(c1)CCN(C1CCCC1)CC2. The van der Waals surface area contributed by atoms with Crippen LogP contribution in [-0.4, -0.2) is 44.9 Å². The lowest BCUT2D eigenvalue weighted by molar-refractivity contribution is 0.102. The highest BCUT2D eigenvalue weighted by molar-refractivity contribution is 6.03. The molecule has 0 spiro atoms. The molecule has 1 amide bonds. The first-order chi connectivity index (χ1) is 15.2. The van der Waals surface area contributed by atoms with E-state index >= 15 is 0 Å². The number of hydrogen-bond acceptors (Lipinski definition) is 4. The third-order valence-corrected chi connectivity index (χ3v) is 6.63. The van der Waals surface area contributed by atoms with Crippen molar-refractivity contribution < 1.29 is 4.79 Å². The summed E-state index contributed by atoms with van der Waals surface area (Å²) in [4.78, 5) is 17.1. The van der Waals surface area contributed by atoms with Gasteiger partial charge >= 0.3 is 0 Å². The lowest BCUT2D eigenvalue weighted by Crippen LogP contribution is -2.35. The predicted molar refractivity (Wildman–Crippen MR) is 122 cm³/mol. The number of carbonyl (C=O) groups is 1. The van der Waals surface area contributed by atoms with Crippen molar-refractivity contribution in [2.75, 3.05) is 18.4 Å². The molecule has 6 nitrogen and oxygen atoms in total. The molecule has 0 bridgehead atoms. The summed E-state index contributed by atoms with van der Waals surface area (Å²) in [6, 6.07) is 16.7. The molecule has 1 aliphatic carbocycles. The second-order valence-corrected chi connectivity index (χ2v) is 8.67. The van der Waals surface area contributed by atoms with Crippen LogP contribution >= 0.6 is 0 Å². The maximum absolute atomic E-state index is 12.9. The molecule has 0 atom stereocenters. The van der Waals surface area contributed by atoms with Gasteiger partial charge in [0.05, 0.1) is 11.4 Å². The Morgan fingerprint density at radius 2 is 1.71 bits per heavy atom. The van der Waals surface area contributed by atoms with Gasteiger partial charge in [-0.2, -0.15) is 9.90 Å². The van der Waals surface area contributed by atoms with E-state index in [1.807, 2.05) is 43.3 Å². The third-order valence-electron chi connectivity index (χ3n) is 6.63. The molecule has 1 aliphatic heterocycles. The molecule has 0 unspecified atom stereocenters. The Hall–Kier alpha value is -2.99. The second-order valence-electron chi connectivity index (χ2n) is 8.67. The normalized spacial score (nSPS) is 17.3. The Labute approximate surface area is 183 Å². The minimum absolute atomic E-state index is 0.221. The van der Waals surface area contributed by atoms with E-state index in [1.165, 1.54) is 41.6 Å². The highest BCUT2D eigenvalue weighted by atomic mass is 16.2. The average Bonchev–Trinajstić information content (AvgIpc) is 3.41. The number of aryl methyl sites for hydroxylation is 1. The molecule has 6 heteroatoms. The van der Waals surface area contributed by atoms with Crippen molar-refractivity contribution in [2.24, 2.45) is 0 Å². The Morgan fingerprint density at radius 3 is 2.48 bits per heavy atom. The summed E-state index contributed by atoms with van der Waals surface area (Å²) in [6.07, 6.45) is 7.57. The molecule has 1 saturated carbocycles. The summed E-state index contributed by atoms with van der Waals surface area (Å²) < 4.78 is 0. The largest absolute Gasteiger partial charge is 0.321 e. The maximum atomic E-state index is 12.9. The molecular formula is C25H29N5O. The number of anilines is 1. The fourth-order valence-corrected chi connectivity index (χ4v) is 4.91. The van der Waals surface area contributed by atoms with E-state index in [1.54, 1.807) is 0 Å². The molecule has 1 fully saturated rings. The summed E-state index contributed by atoms with van der Waals surface area (Å²) in [7, 11) is 0. The van der Waals surface area contributed by atoms with Crippen LogP contribution in [0.3, 0.4) is 0 Å². The van der Waals surface area contributed by atoms with Crippen LogP contribution in [0.25, 0.3) is 5.69 Å². The van der Waals surface area contributed by atoms with Crippen LogP contribution in [-0.2, 0) is 12.8 Å². The summed E-state index contributed by atoms with van der Waals surface area (Å²) in [5.41, 5.74) is 5.38. The molecule has 2 heterocycles. The van der Waals surface area contributed by atoms with Gasteiger partial charge in [0, 0.05) is 24.8 Å². The van der Waals surface area contributed by atoms with Gasteiger partial charge in [0.25, 0.3) is 5.91 Å². The Balaban J connectivity index is 1.29. The Bertz CT molecular complexity index is 1070. The number of benzene rings is 2. The van der Waals surface area contributed by atoms with Crippen LogP contribution < -0.4 is 5.32 Å². The number of carbonyl (C=O) groups excluding carboxylic acids is 1. The van der Waals surface area contributed by atoms with Crippen molar-refractivity contribution in [1.29, 1.82) is 0 Å². The second kappa shape index (κ2) is 8.63. The van der Waals surface area contributed by atoms with E-state index in [2.05, 4.69) is 32.5 Å². The van der Waals surface area contributed by atoms with Gasteiger partial charge in [0.1, 0.15) is 0 Å². The molecule has 1 N–H and O–H groups in total. The van der Waals surface area contributed by atoms with Crippen LogP contribution in [0, 0.1) is 6.92 Å². The summed E-state index contributed by atoms with van der Waals surface area (Å²) in [5.74, 6) is -0.221. The zero-order valence-corrected chi connectivity index (χ0v) is 18.1. The maximum Gasteiger partial charge on any atom is 0.278 e. The lowest BCUT2D eigenvalue weighted by Gasteiger charge is -2.26. The molecule has 3 aromatic rings. The molecule has 5 rings (SSSR count). The topological polar surface area (TPSA) is 63.1 Å². The summed E-state index contributed by atoms with van der Waals surface area (Å²) in [5, 5.41) is 11.9. The molecule has 2 aromatic carbocycles. The van der Waals surface area contributed by atoms with Gasteiger partial charge in [-0.05, 0) is 68.0 Å². The van der Waals surface area contributed by atoms with Crippen molar-refractivity contribution in [3.63, 3.8) is 0 Å². The van der Waals surface area contributed by atoms with E-state index in [-0.39, 0.29) is 5.91 Å². The molecule has 0 saturated heterocycles. The van der Waals surface area contributed by atoms with Crippen molar-refractivity contribution in [1.82, 2.24) is 19.9 Å². The van der Waals surface area contributed by atoms with Crippen LogP contribution in [0.2, 0.25) is 0 Å². The van der Waals surface area contributed by atoms with Gasteiger partial charge in [0.15, 0.2) is 5.69 Å². The van der Waals surface area contributed by atoms with E-state index in [9.17, 15) is 4.79 Å². The standard InChI is InChI=1S/C25H29N5O/c1-18-24(28-30(27-18)23-9-3-2-4-10-23)25(31)26-21-12-11-19-13-15-29(16-14-20(19)17-21)22-7-5-6-8-22/h2-4,9-12,17,22H,5-8,13-16H2,1H3,(H,26,31). The first kappa shape index (κ1) is 19.9. The number of amides is 1. The van der Waals surface area contributed by atoms with Crippen molar-refractivity contribution in [3.8, 4) is 5.69 Å². The number of hydrogen-bond donors (Lipinski definition) is 1. The first-order valence-corrected chi connectivity index (χ1v) is 11.3. The number of nitrogens with zero attached hydrogens (tertiary/aromatic N) is 4. The molecule has 1 aromatic heterocycles. The van der Waals surface area contributed by atoms with Crippen molar-refractivity contribution in [2.45, 2.75) is 51.5 Å². The van der Waals surface area contributed by atoms with E-state index in [4.69, 9.17) is 0 Å². The molecule has 2 aliphatic rings. The monoisotopic (exact) mass is 415 g/mol. The number of aromatic nitrogens is 3. The number of rotatable bonds is 4. The number of nitrogens with one attached hydrogen (secondary N) is 1. The van der Waals surface area contributed by atoms with Crippen molar-refractivity contribution in [3.05, 3.63) is 71.0 Å². The van der Waals surface area contributed by atoms with Gasteiger partial charge < -0.3 is 5.32 Å². The average molecular weight is 416 g/mol. The van der Waals surface area contributed by atoms with E-state index < -0.39 is 0 Å². The zero-order chi connectivity index (χ0) is 21.2. The van der Waals surface area contributed by atoms with Gasteiger partial charge in [-0.25, -0.2) is 0 Å². The fourth-order valence-electron chi connectivity index (χ4n) is 4.91. The smallest absolute Gasteiger partial charge is 0.278 e. The lowest BCUT2D eigenvalue weighted by atomic mass is 10.0. The molecule has 31 heavy (non-hydrogen) atoms. The molecular weight excluding hydrogens is 386 g/mol. The molecule has 160 valence electrons. The summed E-state index contributed by atoms with van der Waals surface area (Å²) >= 11 is 0. The first-order valence-electron chi connectivity index (χ1n) is 11.3. The Kier molecular flexibility index (Phi) is 5.55. The predicted octanol–water partition coefficient (Wildman–Crippen LogP) is 4.17. The van der Waals surface area contributed by atoms with Crippen LogP contribution in [0.15, 0.2) is 48.5 Å². The van der Waals surface area contributed by atoms with Crippen LogP contribution in [0.4, 0.5) is 5.69 Å². The number of para-hydroxylation sites is 1. The highest BCUT2D eigenvalue weighted by Crippen LogP contribution is 2.27. The van der Waals surface area contributed by atoms with Gasteiger partial charge in [-0.3, -0.25) is 9.69 Å². The van der Waals surface area contributed by atoms with Crippen molar-refractivity contribution >= 4 is 11.6 Å². The number of fused-ring (bicyclic) bond motifs is 1. The minimum Gasteiger partial charge on any atom is -0.321 e. The van der Waals surface area contributed by atoms with E-state index in [0.717, 1.165) is 43.3 Å². The zero-order valence-electron chi connectivity index (χ0n) is 18.1. The third kappa shape index (κ3) is 4.26. The summed E-state index contributed by atoms with van der Waals surface area (Å²) in [6.45, 7) is 4.07. The van der Waals surface area contributed by atoms with E-state index in [0.29, 0.717) is 11.4 Å². The van der Waals surface area contributed by atoms with Gasteiger partial charge in [0.2, 0.25) is 0 Å². The molecule has 0 radical (unpaired) electrons. The quantitative estimate of drug-likeness (QED) is 0.695. The van der Waals surface area contributed by atoms with Crippen LogP contribution in [0.1, 0.15) is 53.0 Å². The van der Waals surface area contributed by atoms with Gasteiger partial charge in [-0.15, -0.1) is 5.10 Å². The minimum atomic E-state index is -0.221. The highest BCUT2D eigenvalue weighted by Gasteiger charge is 2.24. The van der Waals surface area contributed by atoms with Crippen LogP contribution in [0.5, 0.6) is 0 Å². The fraction of sp³-hybridized carbons (Fsp3) is 0.400.